The number of methoxy groups -OCH3 is 1. The van der Waals surface area contributed by atoms with Crippen LogP contribution in [0.25, 0.3) is 0 Å². The van der Waals surface area contributed by atoms with Crippen LogP contribution in [-0.2, 0) is 9.59 Å². The lowest BCUT2D eigenvalue weighted by molar-refractivity contribution is -0.126. The zero-order valence-electron chi connectivity index (χ0n) is 14.1. The fourth-order valence-electron chi connectivity index (χ4n) is 3.06. The van der Waals surface area contributed by atoms with Gasteiger partial charge in [0.05, 0.1) is 13.2 Å². The SMILES string of the molecule is COc1ccc(NC(=O)CCN2CCCC2C(=O)NC2CC2)cc1. The van der Waals surface area contributed by atoms with E-state index in [-0.39, 0.29) is 17.9 Å². The summed E-state index contributed by atoms with van der Waals surface area (Å²) in [6.45, 7) is 1.50. The van der Waals surface area contributed by atoms with Crippen LogP contribution < -0.4 is 15.4 Å². The highest BCUT2D eigenvalue weighted by atomic mass is 16.5. The van der Waals surface area contributed by atoms with Crippen LogP contribution in [0.2, 0.25) is 0 Å². The Bertz CT molecular complexity index is 584. The second kappa shape index (κ2) is 7.66. The van der Waals surface area contributed by atoms with E-state index in [0.29, 0.717) is 19.0 Å². The molecule has 6 heteroatoms. The molecule has 1 aromatic carbocycles. The van der Waals surface area contributed by atoms with E-state index in [1.165, 1.54) is 0 Å². The summed E-state index contributed by atoms with van der Waals surface area (Å²) in [4.78, 5) is 26.5. The van der Waals surface area contributed by atoms with Crippen molar-refractivity contribution in [3.05, 3.63) is 24.3 Å². The van der Waals surface area contributed by atoms with Crippen LogP contribution in [0.1, 0.15) is 32.1 Å². The van der Waals surface area contributed by atoms with Gasteiger partial charge in [0.1, 0.15) is 5.75 Å². The molecular formula is C18H25N3O3. The van der Waals surface area contributed by atoms with Gasteiger partial charge in [-0.1, -0.05) is 0 Å². The largest absolute Gasteiger partial charge is 0.497 e. The first-order valence-corrected chi connectivity index (χ1v) is 8.64. The number of anilines is 1. The molecule has 1 saturated heterocycles. The molecular weight excluding hydrogens is 306 g/mol. The van der Waals surface area contributed by atoms with Crippen molar-refractivity contribution in [3.8, 4) is 5.75 Å². The molecule has 24 heavy (non-hydrogen) atoms. The standard InChI is InChI=1S/C18H25N3O3/c1-24-15-8-6-13(7-9-15)19-17(22)10-12-21-11-2-3-16(21)18(23)20-14-4-5-14/h6-9,14,16H,2-5,10-12H2,1H3,(H,19,22)(H,20,23). The summed E-state index contributed by atoms with van der Waals surface area (Å²) in [7, 11) is 1.61. The average Bonchev–Trinajstić information content (AvgIpc) is 3.27. The number of hydrogen-bond donors (Lipinski definition) is 2. The Morgan fingerprint density at radius 3 is 2.62 bits per heavy atom. The molecule has 1 saturated carbocycles. The average molecular weight is 331 g/mol. The Labute approximate surface area is 142 Å². The lowest BCUT2D eigenvalue weighted by Crippen LogP contribution is -2.44. The number of nitrogens with zero attached hydrogens (tertiary/aromatic N) is 1. The van der Waals surface area contributed by atoms with Crippen LogP contribution >= 0.6 is 0 Å². The minimum absolute atomic E-state index is 0.0339. The Kier molecular flexibility index (Phi) is 5.35. The first-order chi connectivity index (χ1) is 11.7. The number of ether oxygens (including phenoxy) is 1. The van der Waals surface area contributed by atoms with Gasteiger partial charge in [-0.3, -0.25) is 14.5 Å². The second-order valence-electron chi connectivity index (χ2n) is 6.50. The van der Waals surface area contributed by atoms with E-state index < -0.39 is 0 Å². The number of amides is 2. The van der Waals surface area contributed by atoms with Crippen molar-refractivity contribution in [1.82, 2.24) is 10.2 Å². The van der Waals surface area contributed by atoms with Gasteiger partial charge in [-0.15, -0.1) is 0 Å². The normalized spacial score (nSPS) is 20.6. The minimum atomic E-state index is -0.0700. The van der Waals surface area contributed by atoms with Crippen molar-refractivity contribution in [2.45, 2.75) is 44.2 Å². The predicted octanol–water partition coefficient (Wildman–Crippen LogP) is 1.77. The molecule has 0 radical (unpaired) electrons. The lowest BCUT2D eigenvalue weighted by Gasteiger charge is -2.23. The third-order valence-corrected chi connectivity index (χ3v) is 4.59. The van der Waals surface area contributed by atoms with Crippen molar-refractivity contribution >= 4 is 17.5 Å². The Morgan fingerprint density at radius 2 is 1.96 bits per heavy atom. The van der Waals surface area contributed by atoms with Crippen LogP contribution in [0.5, 0.6) is 5.75 Å². The molecule has 0 aromatic heterocycles. The summed E-state index contributed by atoms with van der Waals surface area (Å²) in [6, 6.07) is 7.58. The van der Waals surface area contributed by atoms with E-state index in [1.54, 1.807) is 7.11 Å². The molecule has 2 N–H and O–H groups in total. The van der Waals surface area contributed by atoms with Gasteiger partial charge in [-0.05, 0) is 56.5 Å². The van der Waals surface area contributed by atoms with E-state index >= 15 is 0 Å². The van der Waals surface area contributed by atoms with Gasteiger partial charge in [0.2, 0.25) is 11.8 Å². The maximum atomic E-state index is 12.2. The Hall–Kier alpha value is -2.08. The monoisotopic (exact) mass is 331 g/mol. The molecule has 1 aromatic rings. The Balaban J connectivity index is 1.44. The second-order valence-corrected chi connectivity index (χ2v) is 6.50. The predicted molar refractivity (Wildman–Crippen MR) is 92.0 cm³/mol. The highest BCUT2D eigenvalue weighted by Gasteiger charge is 2.33. The smallest absolute Gasteiger partial charge is 0.237 e. The molecule has 130 valence electrons. The van der Waals surface area contributed by atoms with Gasteiger partial charge >= 0.3 is 0 Å². The fourth-order valence-corrected chi connectivity index (χ4v) is 3.06. The highest BCUT2D eigenvalue weighted by Crippen LogP contribution is 2.22. The van der Waals surface area contributed by atoms with Crippen molar-refractivity contribution in [2.75, 3.05) is 25.5 Å². The summed E-state index contributed by atoms with van der Waals surface area (Å²) in [6.07, 6.45) is 4.49. The maximum absolute atomic E-state index is 12.2. The maximum Gasteiger partial charge on any atom is 0.237 e. The molecule has 1 heterocycles. The van der Waals surface area contributed by atoms with Crippen molar-refractivity contribution < 1.29 is 14.3 Å². The topological polar surface area (TPSA) is 70.7 Å². The zero-order valence-corrected chi connectivity index (χ0v) is 14.1. The molecule has 2 fully saturated rings. The first-order valence-electron chi connectivity index (χ1n) is 8.64. The van der Waals surface area contributed by atoms with Crippen molar-refractivity contribution in [3.63, 3.8) is 0 Å². The molecule has 1 aliphatic carbocycles. The van der Waals surface area contributed by atoms with Gasteiger partial charge < -0.3 is 15.4 Å². The molecule has 3 rings (SSSR count). The number of carbonyl (C=O) groups excluding carboxylic acids is 2. The van der Waals surface area contributed by atoms with Gasteiger partial charge in [-0.2, -0.15) is 0 Å². The van der Waals surface area contributed by atoms with E-state index in [9.17, 15) is 9.59 Å². The summed E-state index contributed by atoms with van der Waals surface area (Å²) in [5, 5.41) is 5.95. The van der Waals surface area contributed by atoms with Gasteiger partial charge in [0.25, 0.3) is 0 Å². The molecule has 2 aliphatic rings. The van der Waals surface area contributed by atoms with E-state index in [1.807, 2.05) is 24.3 Å². The molecule has 6 nitrogen and oxygen atoms in total. The number of nitrogens with one attached hydrogen (secondary N) is 2. The third kappa shape index (κ3) is 4.47. The number of likely N-dealkylation sites (tertiary alicyclic amines) is 1. The van der Waals surface area contributed by atoms with Crippen LogP contribution in [0, 0.1) is 0 Å². The molecule has 1 aliphatic heterocycles. The summed E-state index contributed by atoms with van der Waals surface area (Å²) >= 11 is 0. The summed E-state index contributed by atoms with van der Waals surface area (Å²) in [5.41, 5.74) is 0.755. The molecule has 2 amide bonds. The van der Waals surface area contributed by atoms with Crippen molar-refractivity contribution in [1.29, 1.82) is 0 Å². The summed E-state index contributed by atoms with van der Waals surface area (Å²) in [5.74, 6) is 0.855. The van der Waals surface area contributed by atoms with Gasteiger partial charge in [-0.25, -0.2) is 0 Å². The molecule has 0 bridgehead atoms. The summed E-state index contributed by atoms with van der Waals surface area (Å²) < 4.78 is 5.10. The van der Waals surface area contributed by atoms with Crippen LogP contribution in [0.3, 0.4) is 0 Å². The van der Waals surface area contributed by atoms with Crippen LogP contribution in [0.15, 0.2) is 24.3 Å². The van der Waals surface area contributed by atoms with Crippen LogP contribution in [-0.4, -0.2) is 49.0 Å². The Morgan fingerprint density at radius 1 is 1.21 bits per heavy atom. The van der Waals surface area contributed by atoms with Gasteiger partial charge in [0, 0.05) is 24.7 Å². The van der Waals surface area contributed by atoms with Crippen LogP contribution in [0.4, 0.5) is 5.69 Å². The third-order valence-electron chi connectivity index (χ3n) is 4.59. The number of rotatable bonds is 7. The van der Waals surface area contributed by atoms with Crippen molar-refractivity contribution in [2.24, 2.45) is 0 Å². The first kappa shape index (κ1) is 16.8. The van der Waals surface area contributed by atoms with E-state index in [2.05, 4.69) is 15.5 Å². The number of hydrogen-bond acceptors (Lipinski definition) is 4. The zero-order chi connectivity index (χ0) is 16.9. The lowest BCUT2D eigenvalue weighted by atomic mass is 10.2. The van der Waals surface area contributed by atoms with Gasteiger partial charge in [0.15, 0.2) is 0 Å². The quantitative estimate of drug-likeness (QED) is 0.799. The molecule has 1 atom stereocenters. The fraction of sp³-hybridized carbons (Fsp3) is 0.556. The minimum Gasteiger partial charge on any atom is -0.497 e. The van der Waals surface area contributed by atoms with E-state index in [4.69, 9.17) is 4.74 Å². The number of benzene rings is 1. The molecule has 0 spiro atoms. The molecule has 1 unspecified atom stereocenters. The van der Waals surface area contributed by atoms with E-state index in [0.717, 1.165) is 43.7 Å². The number of carbonyl (C=O) groups is 2. The highest BCUT2D eigenvalue weighted by molar-refractivity contribution is 5.91.